The number of nitrogens with two attached hydrogens (primary N) is 1. The average molecular weight is 619 g/mol. The number of alkyl halides is 5. The van der Waals surface area contributed by atoms with Crippen molar-refractivity contribution in [2.45, 2.75) is 71.0 Å². The number of hydrogen-bond donors (Lipinski definition) is 1. The average Bonchev–Trinajstić information content (AvgIpc) is 3.38. The van der Waals surface area contributed by atoms with Crippen LogP contribution in [0.3, 0.4) is 0 Å². The Hall–Kier alpha value is -3.59. The summed E-state index contributed by atoms with van der Waals surface area (Å²) in [7, 11) is 0. The van der Waals surface area contributed by atoms with E-state index in [-0.39, 0.29) is 24.2 Å². The van der Waals surface area contributed by atoms with Crippen LogP contribution in [0.1, 0.15) is 57.9 Å². The molecular weight excluding hydrogens is 575 g/mol. The summed E-state index contributed by atoms with van der Waals surface area (Å²) in [6.45, 7) is 14.0. The fourth-order valence-corrected chi connectivity index (χ4v) is 5.46. The first-order chi connectivity index (χ1) is 21.0. The lowest BCUT2D eigenvalue weighted by atomic mass is 9.86. The van der Waals surface area contributed by atoms with Crippen molar-refractivity contribution in [3.8, 4) is 5.75 Å². The van der Waals surface area contributed by atoms with Crippen LogP contribution in [0.5, 0.6) is 5.75 Å². The molecule has 3 rings (SSSR count). The maximum atomic E-state index is 15.0. The van der Waals surface area contributed by atoms with E-state index in [9.17, 15) is 22.0 Å². The van der Waals surface area contributed by atoms with Crippen molar-refractivity contribution < 1.29 is 31.4 Å². The van der Waals surface area contributed by atoms with Gasteiger partial charge in [0.25, 0.3) is 0 Å². The van der Waals surface area contributed by atoms with Gasteiger partial charge in [0.05, 0.1) is 12.4 Å². The number of benzene rings is 1. The van der Waals surface area contributed by atoms with Crippen molar-refractivity contribution >= 4 is 5.57 Å². The van der Waals surface area contributed by atoms with Gasteiger partial charge in [0.2, 0.25) is 0 Å². The van der Waals surface area contributed by atoms with Crippen molar-refractivity contribution in [3.63, 3.8) is 0 Å². The molecule has 1 aliphatic carbocycles. The molecule has 1 aromatic carbocycles. The number of likely N-dealkylation sites (tertiary alicyclic amines) is 1. The molecule has 240 valence electrons. The molecule has 1 saturated heterocycles. The zero-order chi connectivity index (χ0) is 32.3. The van der Waals surface area contributed by atoms with Gasteiger partial charge in [0.1, 0.15) is 11.9 Å². The number of halogens is 5. The van der Waals surface area contributed by atoms with Crippen molar-refractivity contribution in [1.82, 2.24) is 4.90 Å². The Morgan fingerprint density at radius 3 is 2.52 bits per heavy atom. The predicted molar refractivity (Wildman–Crippen MR) is 167 cm³/mol. The molecule has 1 fully saturated rings. The van der Waals surface area contributed by atoms with E-state index in [1.807, 2.05) is 19.1 Å². The molecule has 4 nitrogen and oxygen atoms in total. The second kappa shape index (κ2) is 16.5. The Bertz CT molecular complexity index is 1310. The summed E-state index contributed by atoms with van der Waals surface area (Å²) in [5.74, 6) is 0.457. The lowest BCUT2D eigenvalue weighted by Crippen LogP contribution is -2.24. The third-order valence-corrected chi connectivity index (χ3v) is 7.76. The van der Waals surface area contributed by atoms with Gasteiger partial charge in [0, 0.05) is 31.8 Å². The zero-order valence-electron chi connectivity index (χ0n) is 25.6. The Kier molecular flexibility index (Phi) is 13.1. The van der Waals surface area contributed by atoms with Gasteiger partial charge >= 0.3 is 6.36 Å². The minimum absolute atomic E-state index is 0.00884. The van der Waals surface area contributed by atoms with Gasteiger partial charge < -0.3 is 15.2 Å². The molecule has 1 aromatic rings. The molecule has 2 N–H and O–H groups in total. The van der Waals surface area contributed by atoms with E-state index in [1.165, 1.54) is 24.3 Å². The fourth-order valence-electron chi connectivity index (χ4n) is 5.46. The Morgan fingerprint density at radius 2 is 1.91 bits per heavy atom. The van der Waals surface area contributed by atoms with E-state index >= 15 is 0 Å². The van der Waals surface area contributed by atoms with Crippen LogP contribution in [0.25, 0.3) is 5.57 Å². The monoisotopic (exact) mass is 618 g/mol. The Balaban J connectivity index is 2.03. The molecule has 1 heterocycles. The maximum Gasteiger partial charge on any atom is 0.573 e. The largest absolute Gasteiger partial charge is 0.573 e. The van der Waals surface area contributed by atoms with Gasteiger partial charge in [-0.2, -0.15) is 0 Å². The molecule has 44 heavy (non-hydrogen) atoms. The lowest BCUT2D eigenvalue weighted by molar-refractivity contribution is -0.274. The number of ether oxygens (including phenoxy) is 2. The van der Waals surface area contributed by atoms with E-state index in [0.717, 1.165) is 36.4 Å². The van der Waals surface area contributed by atoms with Crippen LogP contribution in [-0.4, -0.2) is 49.8 Å². The van der Waals surface area contributed by atoms with E-state index in [2.05, 4.69) is 22.8 Å². The van der Waals surface area contributed by atoms with Crippen molar-refractivity contribution in [2.75, 3.05) is 26.3 Å². The zero-order valence-corrected chi connectivity index (χ0v) is 25.6. The first kappa shape index (κ1) is 34.9. The highest BCUT2D eigenvalue weighted by Gasteiger charge is 2.31. The van der Waals surface area contributed by atoms with Gasteiger partial charge in [-0.25, -0.2) is 4.39 Å². The van der Waals surface area contributed by atoms with Crippen LogP contribution in [0.4, 0.5) is 22.0 Å². The molecular formula is C35H43F5N2O2. The molecule has 0 radical (unpaired) electrons. The molecule has 2 atom stereocenters. The first-order valence-electron chi connectivity index (χ1n) is 15.0. The molecule has 0 aromatic heterocycles. The van der Waals surface area contributed by atoms with Crippen LogP contribution in [0.2, 0.25) is 0 Å². The Morgan fingerprint density at radius 1 is 1.18 bits per heavy atom. The summed E-state index contributed by atoms with van der Waals surface area (Å²) in [4.78, 5) is 2.20. The van der Waals surface area contributed by atoms with E-state index in [4.69, 9.17) is 10.5 Å². The maximum absolute atomic E-state index is 15.0. The Labute approximate surface area is 257 Å². The van der Waals surface area contributed by atoms with Gasteiger partial charge in [0.15, 0.2) is 6.17 Å². The van der Waals surface area contributed by atoms with Crippen LogP contribution < -0.4 is 10.5 Å². The van der Waals surface area contributed by atoms with E-state index < -0.39 is 12.5 Å². The van der Waals surface area contributed by atoms with Crippen molar-refractivity contribution in [3.05, 3.63) is 107 Å². The second-order valence-electron chi connectivity index (χ2n) is 10.8. The molecule has 1 unspecified atom stereocenters. The van der Waals surface area contributed by atoms with Crippen LogP contribution >= 0.6 is 0 Å². The van der Waals surface area contributed by atoms with Crippen LogP contribution in [0.15, 0.2) is 102 Å². The minimum atomic E-state index is -4.80. The predicted octanol–water partition coefficient (Wildman–Crippen LogP) is 9.06. The molecule has 2 aliphatic rings. The third-order valence-electron chi connectivity index (χ3n) is 7.76. The number of allylic oxidation sites excluding steroid dienone is 11. The van der Waals surface area contributed by atoms with E-state index in [1.54, 1.807) is 25.1 Å². The molecule has 0 spiro atoms. The number of nitrogens with zero attached hydrogens (tertiary/aromatic N) is 1. The fraction of sp³-hybridized carbons (Fsp3) is 0.429. The van der Waals surface area contributed by atoms with E-state index in [0.29, 0.717) is 60.9 Å². The summed E-state index contributed by atoms with van der Waals surface area (Å²) in [6, 6.07) is 5.72. The van der Waals surface area contributed by atoms with Crippen LogP contribution in [0, 0.1) is 0 Å². The van der Waals surface area contributed by atoms with Crippen molar-refractivity contribution in [2.24, 2.45) is 5.73 Å². The van der Waals surface area contributed by atoms with Gasteiger partial charge in [-0.05, 0) is 96.7 Å². The molecule has 0 amide bonds. The van der Waals surface area contributed by atoms with Crippen molar-refractivity contribution in [1.29, 1.82) is 0 Å². The second-order valence-corrected chi connectivity index (χ2v) is 10.8. The molecule has 0 bridgehead atoms. The minimum Gasteiger partial charge on any atom is -0.493 e. The molecule has 9 heteroatoms. The summed E-state index contributed by atoms with van der Waals surface area (Å²) in [5, 5.41) is 0. The summed E-state index contributed by atoms with van der Waals surface area (Å²) >= 11 is 0. The smallest absolute Gasteiger partial charge is 0.493 e. The molecule has 0 saturated carbocycles. The normalized spacial score (nSPS) is 21.1. The standard InChI is InChI=1S/C35H43F5N2O2/c1-5-25(12-15-28(6-2)43-30-18-21-42(23-30)20-9-19-36)34-24(4)27(22-32(37)33(41)7-3)10-8-11-31(34)26-13-16-29(17-14-26)44-35(38,39)40/h5,7,12-17,22,30,32H,1,4,6,8-11,18-21,23,41H2,2-3H3/b25-12+,27-22+,28-15+,33-7+/t30-,32?/m0/s1. The topological polar surface area (TPSA) is 47.7 Å². The van der Waals surface area contributed by atoms with Crippen LogP contribution in [-0.2, 0) is 4.74 Å². The highest BCUT2D eigenvalue weighted by Crippen LogP contribution is 2.41. The summed E-state index contributed by atoms with van der Waals surface area (Å²) < 4.78 is 76.3. The highest BCUT2D eigenvalue weighted by molar-refractivity contribution is 5.81. The summed E-state index contributed by atoms with van der Waals surface area (Å²) in [5.41, 5.74) is 10.2. The summed E-state index contributed by atoms with van der Waals surface area (Å²) in [6.07, 6.45) is 5.99. The number of hydrogen-bond acceptors (Lipinski definition) is 4. The molecule has 1 aliphatic heterocycles. The lowest BCUT2D eigenvalue weighted by Gasteiger charge is -2.19. The first-order valence-corrected chi connectivity index (χ1v) is 15.0. The van der Waals surface area contributed by atoms with Gasteiger partial charge in [-0.1, -0.05) is 50.4 Å². The van der Waals surface area contributed by atoms with Gasteiger partial charge in [-0.3, -0.25) is 9.29 Å². The highest BCUT2D eigenvalue weighted by atomic mass is 19.4. The van der Waals surface area contributed by atoms with Gasteiger partial charge in [-0.15, -0.1) is 13.2 Å². The third kappa shape index (κ3) is 9.97. The number of rotatable bonds is 13. The SMILES string of the molecule is C=C/C(=C\C=C(/CC)O[C@H]1CCN(CCCF)C1)C1=C(c2ccc(OC(F)(F)F)cc2)CCC/C(=C\C(F)/C(N)=C\C)C1=C. The quantitative estimate of drug-likeness (QED) is 0.136.